The molecule has 5 nitrogen and oxygen atoms in total. The van der Waals surface area contributed by atoms with Gasteiger partial charge in [-0.2, -0.15) is 5.10 Å². The maximum absolute atomic E-state index is 13.1. The molecule has 0 radical (unpaired) electrons. The lowest BCUT2D eigenvalue weighted by molar-refractivity contribution is 0.479. The number of rotatable bonds is 6. The van der Waals surface area contributed by atoms with Crippen LogP contribution in [0.5, 0.6) is 11.5 Å². The Hall–Kier alpha value is -2.70. The molecule has 0 atom stereocenters. The molecule has 4 N–H and O–H groups in total. The summed E-state index contributed by atoms with van der Waals surface area (Å²) in [6.07, 6.45) is 1.61. The van der Waals surface area contributed by atoms with Gasteiger partial charge < -0.3 is 15.8 Å². The lowest BCUT2D eigenvalue weighted by Crippen LogP contribution is -2.21. The number of benzene rings is 2. The molecule has 0 bridgehead atoms. The number of aromatic amines is 1. The van der Waals surface area contributed by atoms with Crippen molar-refractivity contribution in [3.05, 3.63) is 65.6 Å². The van der Waals surface area contributed by atoms with Gasteiger partial charge in [0.25, 0.3) is 0 Å². The highest BCUT2D eigenvalue weighted by Crippen LogP contribution is 2.33. The Bertz CT molecular complexity index is 814. The molecule has 2 aromatic carbocycles. The molecule has 0 saturated carbocycles. The van der Waals surface area contributed by atoms with Crippen LogP contribution < -0.4 is 15.8 Å². The molecule has 24 heavy (non-hydrogen) atoms. The number of aromatic nitrogens is 2. The lowest BCUT2D eigenvalue weighted by atomic mass is 10.1. The number of H-pyrrole nitrogens is 1. The van der Waals surface area contributed by atoms with Gasteiger partial charge >= 0.3 is 0 Å². The summed E-state index contributed by atoms with van der Waals surface area (Å²) in [7, 11) is 0. The fourth-order valence-corrected chi connectivity index (χ4v) is 2.38. The monoisotopic (exact) mass is 326 g/mol. The first-order valence-electron chi connectivity index (χ1n) is 7.65. The first-order chi connectivity index (χ1) is 11.7. The van der Waals surface area contributed by atoms with Gasteiger partial charge in [-0.15, -0.1) is 0 Å². The van der Waals surface area contributed by atoms with E-state index in [1.165, 1.54) is 12.1 Å². The van der Waals surface area contributed by atoms with Crippen molar-refractivity contribution in [1.82, 2.24) is 15.5 Å². The largest absolute Gasteiger partial charge is 0.453 e. The van der Waals surface area contributed by atoms with Crippen LogP contribution in [0.3, 0.4) is 0 Å². The maximum Gasteiger partial charge on any atom is 0.173 e. The number of nitrogens with one attached hydrogen (secondary N) is 2. The van der Waals surface area contributed by atoms with E-state index in [2.05, 4.69) is 15.5 Å². The van der Waals surface area contributed by atoms with Gasteiger partial charge in [-0.3, -0.25) is 5.10 Å². The van der Waals surface area contributed by atoms with Gasteiger partial charge in [-0.1, -0.05) is 12.1 Å². The Morgan fingerprint density at radius 1 is 1.17 bits per heavy atom. The topological polar surface area (TPSA) is 76.0 Å². The van der Waals surface area contributed by atoms with Crippen molar-refractivity contribution in [2.75, 3.05) is 6.67 Å². The summed E-state index contributed by atoms with van der Waals surface area (Å²) >= 11 is 0. The van der Waals surface area contributed by atoms with Crippen LogP contribution in [0, 0.1) is 12.7 Å². The van der Waals surface area contributed by atoms with E-state index < -0.39 is 0 Å². The van der Waals surface area contributed by atoms with E-state index in [0.29, 0.717) is 24.7 Å². The molecule has 0 saturated heterocycles. The van der Waals surface area contributed by atoms with Gasteiger partial charge in [0, 0.05) is 18.8 Å². The minimum Gasteiger partial charge on any atom is -0.453 e. The summed E-state index contributed by atoms with van der Waals surface area (Å²) in [5.41, 5.74) is 9.07. The molecule has 1 aromatic heterocycles. The summed E-state index contributed by atoms with van der Waals surface area (Å²) in [6.45, 7) is 3.07. The Morgan fingerprint density at radius 2 is 1.96 bits per heavy atom. The number of nitrogens with zero attached hydrogens (tertiary/aromatic N) is 1. The zero-order valence-electron chi connectivity index (χ0n) is 13.3. The highest BCUT2D eigenvalue weighted by molar-refractivity contribution is 5.66. The third-order valence-electron chi connectivity index (χ3n) is 3.68. The average Bonchev–Trinajstić information content (AvgIpc) is 3.04. The zero-order chi connectivity index (χ0) is 16.9. The van der Waals surface area contributed by atoms with E-state index in [1.807, 2.05) is 25.1 Å². The summed E-state index contributed by atoms with van der Waals surface area (Å²) in [5.74, 6) is 1.06. The molecule has 0 unspecified atom stereocenters. The standard InChI is InChI=1S/C18H19FN4O/c1-12-2-3-13(9-21-11-20)8-16(12)24-17-10-22-23-18(17)14-4-6-15(19)7-5-14/h2-8,10,21H,9,11,20H2,1H3,(H,22,23). The maximum atomic E-state index is 13.1. The molecule has 0 amide bonds. The molecule has 6 heteroatoms. The van der Waals surface area contributed by atoms with Crippen LogP contribution in [-0.4, -0.2) is 16.9 Å². The third kappa shape index (κ3) is 3.61. The Labute approximate surface area is 139 Å². The fourth-order valence-electron chi connectivity index (χ4n) is 2.38. The molecule has 0 aliphatic heterocycles. The second-order valence-electron chi connectivity index (χ2n) is 5.45. The Kier molecular flexibility index (Phi) is 4.88. The van der Waals surface area contributed by atoms with Gasteiger partial charge in [0.2, 0.25) is 0 Å². The van der Waals surface area contributed by atoms with E-state index in [4.69, 9.17) is 10.5 Å². The van der Waals surface area contributed by atoms with Crippen molar-refractivity contribution in [1.29, 1.82) is 0 Å². The van der Waals surface area contributed by atoms with Crippen molar-refractivity contribution in [3.63, 3.8) is 0 Å². The lowest BCUT2D eigenvalue weighted by Gasteiger charge is -2.11. The predicted molar refractivity (Wildman–Crippen MR) is 91.1 cm³/mol. The van der Waals surface area contributed by atoms with Crippen LogP contribution in [0.25, 0.3) is 11.3 Å². The van der Waals surface area contributed by atoms with E-state index in [9.17, 15) is 4.39 Å². The van der Waals surface area contributed by atoms with Crippen LogP contribution in [0.15, 0.2) is 48.7 Å². The van der Waals surface area contributed by atoms with Crippen LogP contribution in [0.2, 0.25) is 0 Å². The third-order valence-corrected chi connectivity index (χ3v) is 3.68. The zero-order valence-corrected chi connectivity index (χ0v) is 13.3. The van der Waals surface area contributed by atoms with E-state index >= 15 is 0 Å². The SMILES string of the molecule is Cc1ccc(CNCN)cc1Oc1cn[nH]c1-c1ccc(F)cc1. The summed E-state index contributed by atoms with van der Waals surface area (Å²) < 4.78 is 19.1. The predicted octanol–water partition coefficient (Wildman–Crippen LogP) is 3.32. The first kappa shape index (κ1) is 16.2. The van der Waals surface area contributed by atoms with E-state index in [1.54, 1.807) is 18.3 Å². The molecule has 1 heterocycles. The highest BCUT2D eigenvalue weighted by atomic mass is 19.1. The van der Waals surface area contributed by atoms with Crippen LogP contribution in [-0.2, 0) is 6.54 Å². The summed E-state index contributed by atoms with van der Waals surface area (Å²) in [4.78, 5) is 0. The number of hydrogen-bond acceptors (Lipinski definition) is 4. The molecule has 3 aromatic rings. The number of nitrogens with two attached hydrogens (primary N) is 1. The van der Waals surface area contributed by atoms with Gasteiger partial charge in [0.15, 0.2) is 5.75 Å². The average molecular weight is 326 g/mol. The second-order valence-corrected chi connectivity index (χ2v) is 5.45. The minimum atomic E-state index is -0.281. The minimum absolute atomic E-state index is 0.281. The molecule has 124 valence electrons. The molecular formula is C18H19FN4O. The molecule has 0 fully saturated rings. The van der Waals surface area contributed by atoms with Crippen LogP contribution in [0.4, 0.5) is 4.39 Å². The van der Waals surface area contributed by atoms with E-state index in [0.717, 1.165) is 22.4 Å². The quantitative estimate of drug-likeness (QED) is 0.607. The Balaban J connectivity index is 1.87. The van der Waals surface area contributed by atoms with Crippen molar-refractivity contribution in [2.24, 2.45) is 5.73 Å². The summed E-state index contributed by atoms with van der Waals surface area (Å²) in [5, 5.41) is 10.0. The van der Waals surface area contributed by atoms with E-state index in [-0.39, 0.29) is 5.82 Å². The number of ether oxygens (including phenoxy) is 1. The summed E-state index contributed by atoms with van der Waals surface area (Å²) in [6, 6.07) is 12.2. The molecule has 0 aliphatic rings. The smallest absolute Gasteiger partial charge is 0.173 e. The van der Waals surface area contributed by atoms with Gasteiger partial charge in [0.1, 0.15) is 17.3 Å². The molecule has 0 spiro atoms. The van der Waals surface area contributed by atoms with Gasteiger partial charge in [-0.25, -0.2) is 4.39 Å². The molecule has 3 rings (SSSR count). The number of aryl methyl sites for hydroxylation is 1. The second kappa shape index (κ2) is 7.25. The first-order valence-corrected chi connectivity index (χ1v) is 7.65. The van der Waals surface area contributed by atoms with Crippen molar-refractivity contribution in [3.8, 4) is 22.8 Å². The van der Waals surface area contributed by atoms with Crippen LogP contribution in [0.1, 0.15) is 11.1 Å². The van der Waals surface area contributed by atoms with Crippen molar-refractivity contribution in [2.45, 2.75) is 13.5 Å². The van der Waals surface area contributed by atoms with Crippen molar-refractivity contribution < 1.29 is 9.13 Å². The molecular weight excluding hydrogens is 307 g/mol. The normalized spacial score (nSPS) is 10.8. The van der Waals surface area contributed by atoms with Gasteiger partial charge in [-0.05, 0) is 48.4 Å². The van der Waals surface area contributed by atoms with Gasteiger partial charge in [0.05, 0.1) is 6.20 Å². The molecule has 0 aliphatic carbocycles. The van der Waals surface area contributed by atoms with Crippen LogP contribution >= 0.6 is 0 Å². The highest BCUT2D eigenvalue weighted by Gasteiger charge is 2.12. The number of halogens is 1. The van der Waals surface area contributed by atoms with Crippen molar-refractivity contribution >= 4 is 0 Å². The Morgan fingerprint density at radius 3 is 2.71 bits per heavy atom. The fraction of sp³-hybridized carbons (Fsp3) is 0.167. The number of hydrogen-bond donors (Lipinski definition) is 3.